The lowest BCUT2D eigenvalue weighted by atomic mass is 10.2. The van der Waals surface area contributed by atoms with Gasteiger partial charge in [0.25, 0.3) is 0 Å². The molecule has 0 spiro atoms. The summed E-state index contributed by atoms with van der Waals surface area (Å²) in [4.78, 5) is 4.55. The zero-order valence-corrected chi connectivity index (χ0v) is 11.7. The van der Waals surface area contributed by atoms with E-state index in [0.29, 0.717) is 11.8 Å². The lowest BCUT2D eigenvalue weighted by Crippen LogP contribution is -2.07. The third-order valence-corrected chi connectivity index (χ3v) is 3.19. The molecule has 2 nitrogen and oxygen atoms in total. The number of fused-ring (bicyclic) bond motifs is 1. The molecule has 0 saturated heterocycles. The lowest BCUT2D eigenvalue weighted by molar-refractivity contribution is 0.522. The second kappa shape index (κ2) is 4.76. The highest BCUT2D eigenvalue weighted by molar-refractivity contribution is 9.10. The number of hydrogen-bond donors (Lipinski definition) is 0. The number of aromatic nitrogens is 2. The maximum atomic E-state index is 5.93. The number of imidazole rings is 1. The molecule has 1 heterocycles. The molecule has 0 amide bonds. The third-order valence-electron chi connectivity index (χ3n) is 2.46. The Morgan fingerprint density at radius 3 is 2.81 bits per heavy atom. The van der Waals surface area contributed by atoms with Crippen LogP contribution in [-0.2, 0) is 12.4 Å². The van der Waals surface area contributed by atoms with E-state index in [-0.39, 0.29) is 0 Å². The Morgan fingerprint density at radius 1 is 1.44 bits per heavy atom. The molecule has 0 N–H and O–H groups in total. The van der Waals surface area contributed by atoms with Crippen LogP contribution in [0.15, 0.2) is 22.7 Å². The Morgan fingerprint density at radius 2 is 2.19 bits per heavy atom. The molecular formula is C12H14BrClN2. The Hall–Kier alpha value is -0.540. The van der Waals surface area contributed by atoms with Gasteiger partial charge in [0.15, 0.2) is 0 Å². The third kappa shape index (κ3) is 2.25. The highest BCUT2D eigenvalue weighted by Gasteiger charge is 2.10. The summed E-state index contributed by atoms with van der Waals surface area (Å²) in [6, 6.07) is 6.16. The normalized spacial score (nSPS) is 11.6. The molecule has 86 valence electrons. The van der Waals surface area contributed by atoms with Crippen LogP contribution >= 0.6 is 27.5 Å². The van der Waals surface area contributed by atoms with Gasteiger partial charge in [0.05, 0.1) is 16.9 Å². The van der Waals surface area contributed by atoms with Gasteiger partial charge < -0.3 is 4.57 Å². The largest absolute Gasteiger partial charge is 0.327 e. The van der Waals surface area contributed by atoms with E-state index < -0.39 is 0 Å². The van der Waals surface area contributed by atoms with Crippen LogP contribution in [0.3, 0.4) is 0 Å². The first-order valence-corrected chi connectivity index (χ1v) is 6.65. The first-order chi connectivity index (χ1) is 7.61. The van der Waals surface area contributed by atoms with Crippen LogP contribution < -0.4 is 0 Å². The van der Waals surface area contributed by atoms with Gasteiger partial charge in [-0.25, -0.2) is 4.98 Å². The molecular weight excluding hydrogens is 288 g/mol. The van der Waals surface area contributed by atoms with Gasteiger partial charge in [-0.15, -0.1) is 11.6 Å². The van der Waals surface area contributed by atoms with E-state index in [1.54, 1.807) is 0 Å². The zero-order chi connectivity index (χ0) is 11.7. The molecule has 0 aliphatic heterocycles. The molecule has 0 atom stereocenters. The molecule has 0 radical (unpaired) electrons. The lowest BCUT2D eigenvalue weighted by Gasteiger charge is -2.10. The van der Waals surface area contributed by atoms with E-state index in [9.17, 15) is 0 Å². The van der Waals surface area contributed by atoms with Gasteiger partial charge in [0, 0.05) is 11.0 Å². The minimum absolute atomic E-state index is 0.457. The predicted octanol–water partition coefficient (Wildman–Crippen LogP) is 4.19. The van der Waals surface area contributed by atoms with Gasteiger partial charge in [-0.2, -0.15) is 0 Å². The van der Waals surface area contributed by atoms with Crippen molar-refractivity contribution in [1.29, 1.82) is 0 Å². The summed E-state index contributed by atoms with van der Waals surface area (Å²) in [6.07, 6.45) is 0. The minimum atomic E-state index is 0.457. The highest BCUT2D eigenvalue weighted by atomic mass is 79.9. The van der Waals surface area contributed by atoms with E-state index >= 15 is 0 Å². The summed E-state index contributed by atoms with van der Waals surface area (Å²) in [5.74, 6) is 1.99. The molecule has 0 fully saturated rings. The Balaban J connectivity index is 2.59. The van der Waals surface area contributed by atoms with Gasteiger partial charge in [-0.05, 0) is 24.1 Å². The van der Waals surface area contributed by atoms with Crippen LogP contribution in [0.4, 0.5) is 0 Å². The van der Waals surface area contributed by atoms with E-state index in [0.717, 1.165) is 27.9 Å². The second-order valence-electron chi connectivity index (χ2n) is 4.30. The van der Waals surface area contributed by atoms with Crippen molar-refractivity contribution in [1.82, 2.24) is 9.55 Å². The molecule has 1 aromatic carbocycles. The van der Waals surface area contributed by atoms with Gasteiger partial charge in [0.1, 0.15) is 5.82 Å². The fourth-order valence-electron chi connectivity index (χ4n) is 1.82. The molecule has 4 heteroatoms. The van der Waals surface area contributed by atoms with Gasteiger partial charge in [-0.1, -0.05) is 29.8 Å². The number of alkyl halides is 1. The van der Waals surface area contributed by atoms with E-state index in [1.807, 2.05) is 12.1 Å². The van der Waals surface area contributed by atoms with Crippen LogP contribution in [0.2, 0.25) is 0 Å². The molecule has 0 saturated carbocycles. The molecule has 1 aromatic heterocycles. The number of benzene rings is 1. The van der Waals surface area contributed by atoms with Crippen molar-refractivity contribution in [3.05, 3.63) is 28.5 Å². The highest BCUT2D eigenvalue weighted by Crippen LogP contribution is 2.22. The minimum Gasteiger partial charge on any atom is -0.327 e. The van der Waals surface area contributed by atoms with E-state index in [2.05, 4.69) is 45.4 Å². The molecule has 0 aliphatic carbocycles. The summed E-state index contributed by atoms with van der Waals surface area (Å²) < 4.78 is 3.26. The summed E-state index contributed by atoms with van der Waals surface area (Å²) in [6.45, 7) is 5.35. The SMILES string of the molecule is CC(C)Cn1c(CCl)nc2cc(Br)ccc21. The predicted molar refractivity (Wildman–Crippen MR) is 71.8 cm³/mol. The van der Waals surface area contributed by atoms with Gasteiger partial charge in [-0.3, -0.25) is 0 Å². The topological polar surface area (TPSA) is 17.8 Å². The van der Waals surface area contributed by atoms with Crippen molar-refractivity contribution < 1.29 is 0 Å². The van der Waals surface area contributed by atoms with Crippen molar-refractivity contribution in [2.45, 2.75) is 26.3 Å². The van der Waals surface area contributed by atoms with Crippen LogP contribution in [0.1, 0.15) is 19.7 Å². The van der Waals surface area contributed by atoms with E-state index in [4.69, 9.17) is 11.6 Å². The van der Waals surface area contributed by atoms with E-state index in [1.165, 1.54) is 0 Å². The molecule has 0 unspecified atom stereocenters. The maximum absolute atomic E-state index is 5.93. The van der Waals surface area contributed by atoms with Gasteiger partial charge >= 0.3 is 0 Å². The van der Waals surface area contributed by atoms with Crippen LogP contribution in [-0.4, -0.2) is 9.55 Å². The smallest absolute Gasteiger partial charge is 0.124 e. The second-order valence-corrected chi connectivity index (χ2v) is 5.48. The summed E-state index contributed by atoms with van der Waals surface area (Å²) in [7, 11) is 0. The molecule has 16 heavy (non-hydrogen) atoms. The van der Waals surface area contributed by atoms with Crippen molar-refractivity contribution in [2.75, 3.05) is 0 Å². The average Bonchev–Trinajstić information content (AvgIpc) is 2.55. The number of nitrogens with zero attached hydrogens (tertiary/aromatic N) is 2. The van der Waals surface area contributed by atoms with Crippen molar-refractivity contribution in [3.63, 3.8) is 0 Å². The summed E-state index contributed by atoms with van der Waals surface area (Å²) >= 11 is 9.39. The van der Waals surface area contributed by atoms with Crippen LogP contribution in [0, 0.1) is 5.92 Å². The van der Waals surface area contributed by atoms with Gasteiger partial charge in [0.2, 0.25) is 0 Å². The Kier molecular flexibility index (Phi) is 3.55. The first kappa shape index (κ1) is 11.9. The summed E-state index contributed by atoms with van der Waals surface area (Å²) in [5, 5.41) is 0. The Bertz CT molecular complexity index is 505. The number of rotatable bonds is 3. The molecule has 0 bridgehead atoms. The van der Waals surface area contributed by atoms with Crippen LogP contribution in [0.25, 0.3) is 11.0 Å². The first-order valence-electron chi connectivity index (χ1n) is 5.32. The molecule has 0 aliphatic rings. The monoisotopic (exact) mass is 300 g/mol. The molecule has 2 aromatic rings. The zero-order valence-electron chi connectivity index (χ0n) is 9.37. The summed E-state index contributed by atoms with van der Waals surface area (Å²) in [5.41, 5.74) is 2.17. The number of halogens is 2. The quantitative estimate of drug-likeness (QED) is 0.777. The Labute approximate surface area is 109 Å². The molecule has 2 rings (SSSR count). The number of hydrogen-bond acceptors (Lipinski definition) is 1. The van der Waals surface area contributed by atoms with Crippen molar-refractivity contribution in [3.8, 4) is 0 Å². The maximum Gasteiger partial charge on any atom is 0.124 e. The van der Waals surface area contributed by atoms with Crippen molar-refractivity contribution in [2.24, 2.45) is 5.92 Å². The average molecular weight is 302 g/mol. The fraction of sp³-hybridized carbons (Fsp3) is 0.417. The standard InChI is InChI=1S/C12H14BrClN2/c1-8(2)7-16-11-4-3-9(13)5-10(11)15-12(16)6-14/h3-5,8H,6-7H2,1-2H3. The fourth-order valence-corrected chi connectivity index (χ4v) is 2.38. The van der Waals surface area contributed by atoms with Crippen LogP contribution in [0.5, 0.6) is 0 Å². The van der Waals surface area contributed by atoms with Crippen molar-refractivity contribution >= 4 is 38.6 Å².